The number of amides is 2. The van der Waals surface area contributed by atoms with Crippen LogP contribution in [0, 0.1) is 0 Å². The van der Waals surface area contributed by atoms with Gasteiger partial charge in [0.15, 0.2) is 29.1 Å². The number of hydrogen-bond acceptors (Lipinski definition) is 6. The van der Waals surface area contributed by atoms with E-state index < -0.39 is 6.04 Å². The van der Waals surface area contributed by atoms with E-state index in [1.165, 1.54) is 12.8 Å². The number of rotatable bonds is 8. The van der Waals surface area contributed by atoms with Crippen LogP contribution in [0.3, 0.4) is 0 Å². The molecule has 1 saturated carbocycles. The molecule has 0 aromatic heterocycles. The van der Waals surface area contributed by atoms with E-state index in [1.54, 1.807) is 12.0 Å². The number of fused-ring (bicyclic) bond motifs is 1. The molecule has 0 bridgehead atoms. The first-order chi connectivity index (χ1) is 18.6. The highest BCUT2D eigenvalue weighted by molar-refractivity contribution is 5.96. The van der Waals surface area contributed by atoms with E-state index in [2.05, 4.69) is 0 Å². The maximum Gasteiger partial charge on any atom is 0.250 e. The van der Waals surface area contributed by atoms with E-state index in [0.717, 1.165) is 32.1 Å². The number of carbonyl (C=O) groups is 2. The Morgan fingerprint density at radius 3 is 2.47 bits per heavy atom. The summed E-state index contributed by atoms with van der Waals surface area (Å²) in [6, 6.07) is 12.4. The maximum absolute atomic E-state index is 14.2. The van der Waals surface area contributed by atoms with Crippen LogP contribution < -0.4 is 18.9 Å². The number of hydrogen-bond donors (Lipinski definition) is 0. The molecule has 1 saturated heterocycles. The smallest absolute Gasteiger partial charge is 0.250 e. The van der Waals surface area contributed by atoms with Crippen LogP contribution >= 0.6 is 0 Å². The number of carbonyl (C=O) groups excluding carboxylic acids is 2. The third kappa shape index (κ3) is 5.54. The van der Waals surface area contributed by atoms with Crippen molar-refractivity contribution in [3.05, 3.63) is 48.0 Å². The summed E-state index contributed by atoms with van der Waals surface area (Å²) < 4.78 is 23.6. The van der Waals surface area contributed by atoms with E-state index in [1.807, 2.05) is 54.3 Å². The van der Waals surface area contributed by atoms with Crippen LogP contribution in [0.25, 0.3) is 0 Å². The highest BCUT2D eigenvalue weighted by Gasteiger charge is 2.44. The number of methoxy groups -OCH3 is 1. The lowest BCUT2D eigenvalue weighted by Gasteiger charge is -2.44. The molecule has 0 radical (unpaired) electrons. The van der Waals surface area contributed by atoms with Crippen LogP contribution in [0.1, 0.15) is 63.5 Å². The van der Waals surface area contributed by atoms with Crippen molar-refractivity contribution in [2.75, 3.05) is 33.4 Å². The van der Waals surface area contributed by atoms with Gasteiger partial charge in [0.2, 0.25) is 5.91 Å². The topological polar surface area (TPSA) is 77.5 Å². The second-order valence-electron chi connectivity index (χ2n) is 10.3. The number of ether oxygens (including phenoxy) is 4. The molecule has 2 aromatic carbocycles. The van der Waals surface area contributed by atoms with Crippen molar-refractivity contribution in [1.29, 1.82) is 0 Å². The van der Waals surface area contributed by atoms with Gasteiger partial charge < -0.3 is 28.7 Å². The number of nitrogens with zero attached hydrogens (tertiary/aromatic N) is 2. The van der Waals surface area contributed by atoms with Crippen LogP contribution in [-0.2, 0) is 9.59 Å². The van der Waals surface area contributed by atoms with Crippen molar-refractivity contribution in [1.82, 2.24) is 9.80 Å². The van der Waals surface area contributed by atoms with Crippen LogP contribution in [0.2, 0.25) is 0 Å². The average Bonchev–Trinajstić information content (AvgIpc) is 3.23. The van der Waals surface area contributed by atoms with Gasteiger partial charge in [0.05, 0.1) is 20.3 Å². The third-order valence-corrected chi connectivity index (χ3v) is 7.65. The molecule has 0 N–H and O–H groups in total. The van der Waals surface area contributed by atoms with Gasteiger partial charge in [0.25, 0.3) is 5.91 Å². The molecule has 8 nitrogen and oxygen atoms in total. The quantitative estimate of drug-likeness (QED) is 0.466. The van der Waals surface area contributed by atoms with Gasteiger partial charge in [-0.25, -0.2) is 0 Å². The van der Waals surface area contributed by atoms with Crippen molar-refractivity contribution in [3.8, 4) is 23.0 Å². The summed E-state index contributed by atoms with van der Waals surface area (Å²) in [7, 11) is 1.59. The van der Waals surface area contributed by atoms with Crippen molar-refractivity contribution >= 4 is 11.8 Å². The lowest BCUT2D eigenvalue weighted by molar-refractivity contribution is -0.160. The predicted octanol–water partition coefficient (Wildman–Crippen LogP) is 4.76. The Labute approximate surface area is 224 Å². The zero-order chi connectivity index (χ0) is 26.5. The summed E-state index contributed by atoms with van der Waals surface area (Å²) in [4.78, 5) is 31.4. The molecule has 0 unspecified atom stereocenters. The fourth-order valence-corrected chi connectivity index (χ4v) is 5.72. The van der Waals surface area contributed by atoms with Gasteiger partial charge in [-0.2, -0.15) is 0 Å². The Kier molecular flexibility index (Phi) is 8.25. The summed E-state index contributed by atoms with van der Waals surface area (Å²) in [6.45, 7) is 3.26. The molecule has 38 heavy (non-hydrogen) atoms. The molecule has 2 aromatic rings. The molecule has 2 amide bonds. The molecule has 5 rings (SSSR count). The molecule has 3 aliphatic rings. The molecular weight excluding hydrogens is 484 g/mol. The van der Waals surface area contributed by atoms with Gasteiger partial charge in [-0.1, -0.05) is 50.8 Å². The summed E-state index contributed by atoms with van der Waals surface area (Å²) in [6.07, 6.45) is 6.89. The van der Waals surface area contributed by atoms with Crippen molar-refractivity contribution in [3.63, 3.8) is 0 Å². The second-order valence-corrected chi connectivity index (χ2v) is 10.3. The molecule has 8 heteroatoms. The van der Waals surface area contributed by atoms with Gasteiger partial charge in [-0.3, -0.25) is 9.59 Å². The van der Waals surface area contributed by atoms with Crippen molar-refractivity contribution in [2.45, 2.75) is 70.1 Å². The minimum Gasteiger partial charge on any atom is -0.493 e. The molecule has 2 fully saturated rings. The zero-order valence-electron chi connectivity index (χ0n) is 22.4. The molecule has 2 atom stereocenters. The van der Waals surface area contributed by atoms with Gasteiger partial charge in [0.1, 0.15) is 19.2 Å². The van der Waals surface area contributed by atoms with Crippen molar-refractivity contribution in [2.24, 2.45) is 0 Å². The third-order valence-electron chi connectivity index (χ3n) is 7.65. The van der Waals surface area contributed by atoms with Gasteiger partial charge in [-0.05, 0) is 49.1 Å². The normalized spacial score (nSPS) is 22.3. The largest absolute Gasteiger partial charge is 0.493 e. The summed E-state index contributed by atoms with van der Waals surface area (Å²) >= 11 is 0. The molecule has 2 heterocycles. The zero-order valence-corrected chi connectivity index (χ0v) is 22.4. The first kappa shape index (κ1) is 26.2. The second kappa shape index (κ2) is 12.0. The Morgan fingerprint density at radius 2 is 1.74 bits per heavy atom. The van der Waals surface area contributed by atoms with Crippen LogP contribution in [-0.4, -0.2) is 67.2 Å². The summed E-state index contributed by atoms with van der Waals surface area (Å²) in [5, 5.41) is 0. The SMILES string of the molecule is CCCOc1ccc([C@@H]2C(=O)N(C3CCCCCC3)CC(=O)N2C[C@H]2COc3ccccc3O2)cc1OC. The molecular formula is C30H38N2O6. The Morgan fingerprint density at radius 1 is 0.974 bits per heavy atom. The highest BCUT2D eigenvalue weighted by Crippen LogP contribution is 2.38. The Bertz CT molecular complexity index is 1130. The minimum absolute atomic E-state index is 0.0436. The number of benzene rings is 2. The molecule has 204 valence electrons. The summed E-state index contributed by atoms with van der Waals surface area (Å²) in [5.74, 6) is 2.39. The van der Waals surface area contributed by atoms with E-state index in [-0.39, 0.29) is 37.0 Å². The average molecular weight is 523 g/mol. The van der Waals surface area contributed by atoms with Crippen LogP contribution in [0.5, 0.6) is 23.0 Å². The van der Waals surface area contributed by atoms with E-state index in [9.17, 15) is 9.59 Å². The summed E-state index contributed by atoms with van der Waals surface area (Å²) in [5.41, 5.74) is 0.708. The van der Waals surface area contributed by atoms with E-state index >= 15 is 0 Å². The van der Waals surface area contributed by atoms with E-state index in [4.69, 9.17) is 18.9 Å². The van der Waals surface area contributed by atoms with Crippen LogP contribution in [0.15, 0.2) is 42.5 Å². The maximum atomic E-state index is 14.2. The highest BCUT2D eigenvalue weighted by atomic mass is 16.6. The van der Waals surface area contributed by atoms with Gasteiger partial charge in [0, 0.05) is 6.04 Å². The van der Waals surface area contributed by atoms with Gasteiger partial charge >= 0.3 is 0 Å². The van der Waals surface area contributed by atoms with Gasteiger partial charge in [-0.15, -0.1) is 0 Å². The predicted molar refractivity (Wildman–Crippen MR) is 143 cm³/mol. The standard InChI is InChI=1S/C30H38N2O6/c1-3-16-36-25-15-14-21(17-27(25)35-2)29-30(34)31(22-10-6-4-5-7-11-22)19-28(33)32(29)18-23-20-37-24-12-8-9-13-26(24)38-23/h8-9,12-15,17,22-23,29H,3-7,10-11,16,18-20H2,1-2H3/t23-,29+/m0/s1. The molecule has 1 aliphatic carbocycles. The lowest BCUT2D eigenvalue weighted by atomic mass is 9.96. The Balaban J connectivity index is 1.45. The van der Waals surface area contributed by atoms with Crippen LogP contribution in [0.4, 0.5) is 0 Å². The fraction of sp³-hybridized carbons (Fsp3) is 0.533. The van der Waals surface area contributed by atoms with E-state index in [0.29, 0.717) is 41.8 Å². The number of piperazine rings is 1. The fourth-order valence-electron chi connectivity index (χ4n) is 5.72. The minimum atomic E-state index is -0.769. The molecule has 2 aliphatic heterocycles. The first-order valence-corrected chi connectivity index (χ1v) is 13.9. The number of para-hydroxylation sites is 2. The Hall–Kier alpha value is -3.42. The van der Waals surface area contributed by atoms with Crippen molar-refractivity contribution < 1.29 is 28.5 Å². The molecule has 0 spiro atoms. The monoisotopic (exact) mass is 522 g/mol. The lowest BCUT2D eigenvalue weighted by Crippen LogP contribution is -2.60. The first-order valence-electron chi connectivity index (χ1n) is 13.9.